The van der Waals surface area contributed by atoms with Gasteiger partial charge in [0.2, 0.25) is 0 Å². The number of aromatic hydroxyl groups is 1. The van der Waals surface area contributed by atoms with E-state index in [9.17, 15) is 5.11 Å². The van der Waals surface area contributed by atoms with Crippen LogP contribution in [0.25, 0.3) is 11.1 Å². The zero-order valence-electron chi connectivity index (χ0n) is 10.6. The summed E-state index contributed by atoms with van der Waals surface area (Å²) in [6.07, 6.45) is 2.13. The van der Waals surface area contributed by atoms with E-state index in [0.29, 0.717) is 6.61 Å². The minimum absolute atomic E-state index is 0.259. The van der Waals surface area contributed by atoms with Gasteiger partial charge in [0.15, 0.2) is 0 Å². The van der Waals surface area contributed by atoms with E-state index in [0.717, 1.165) is 29.7 Å². The predicted octanol–water partition coefficient (Wildman–Crippen LogP) is 4.24. The third-order valence-electron chi connectivity index (χ3n) is 2.82. The Bertz CT molecular complexity index is 492. The van der Waals surface area contributed by atoms with Gasteiger partial charge in [-0.15, -0.1) is 0 Å². The van der Waals surface area contributed by atoms with Gasteiger partial charge in [-0.25, -0.2) is 0 Å². The third-order valence-corrected chi connectivity index (χ3v) is 2.82. The molecule has 2 nitrogen and oxygen atoms in total. The van der Waals surface area contributed by atoms with Crippen LogP contribution in [0.3, 0.4) is 0 Å². The average Bonchev–Trinajstić information content (AvgIpc) is 2.40. The fourth-order valence-electron chi connectivity index (χ4n) is 1.80. The summed E-state index contributed by atoms with van der Waals surface area (Å²) in [6, 6.07) is 15.3. The van der Waals surface area contributed by atoms with Gasteiger partial charge < -0.3 is 9.84 Å². The maximum Gasteiger partial charge on any atom is 0.127 e. The number of unbranched alkanes of at least 4 members (excludes halogenated alkanes) is 1. The van der Waals surface area contributed by atoms with Crippen LogP contribution in [-0.2, 0) is 0 Å². The van der Waals surface area contributed by atoms with E-state index in [-0.39, 0.29) is 5.75 Å². The summed E-state index contributed by atoms with van der Waals surface area (Å²) in [4.78, 5) is 0. The van der Waals surface area contributed by atoms with Gasteiger partial charge >= 0.3 is 0 Å². The Hall–Kier alpha value is -1.96. The molecule has 0 unspecified atom stereocenters. The van der Waals surface area contributed by atoms with Crippen molar-refractivity contribution in [3.63, 3.8) is 0 Å². The second kappa shape index (κ2) is 6.10. The molecule has 2 aromatic carbocycles. The van der Waals surface area contributed by atoms with Crippen LogP contribution in [-0.4, -0.2) is 11.7 Å². The van der Waals surface area contributed by atoms with Crippen molar-refractivity contribution in [3.8, 4) is 22.6 Å². The summed E-state index contributed by atoms with van der Waals surface area (Å²) in [5.74, 6) is 0.982. The van der Waals surface area contributed by atoms with E-state index >= 15 is 0 Å². The smallest absolute Gasteiger partial charge is 0.127 e. The molecule has 0 saturated carbocycles. The lowest BCUT2D eigenvalue weighted by Crippen LogP contribution is -1.96. The van der Waals surface area contributed by atoms with Crippen molar-refractivity contribution < 1.29 is 9.84 Å². The van der Waals surface area contributed by atoms with Crippen molar-refractivity contribution in [2.75, 3.05) is 6.61 Å². The lowest BCUT2D eigenvalue weighted by atomic mass is 10.0. The molecule has 0 aliphatic heterocycles. The minimum Gasteiger partial charge on any atom is -0.507 e. The highest BCUT2D eigenvalue weighted by Gasteiger charge is 2.05. The van der Waals surface area contributed by atoms with E-state index in [2.05, 4.69) is 6.92 Å². The molecule has 0 aliphatic rings. The van der Waals surface area contributed by atoms with Crippen LogP contribution >= 0.6 is 0 Å². The molecular weight excluding hydrogens is 224 g/mol. The van der Waals surface area contributed by atoms with Gasteiger partial charge in [-0.3, -0.25) is 0 Å². The van der Waals surface area contributed by atoms with Crippen LogP contribution in [0.4, 0.5) is 0 Å². The second-order valence-corrected chi connectivity index (χ2v) is 4.25. The van der Waals surface area contributed by atoms with Gasteiger partial charge in [0, 0.05) is 11.6 Å². The van der Waals surface area contributed by atoms with E-state index in [4.69, 9.17) is 4.74 Å². The number of benzene rings is 2. The highest BCUT2D eigenvalue weighted by molar-refractivity contribution is 5.70. The van der Waals surface area contributed by atoms with Crippen molar-refractivity contribution in [1.29, 1.82) is 0 Å². The monoisotopic (exact) mass is 242 g/mol. The first-order chi connectivity index (χ1) is 8.81. The summed E-state index contributed by atoms with van der Waals surface area (Å²) >= 11 is 0. The Morgan fingerprint density at radius 2 is 1.83 bits per heavy atom. The van der Waals surface area contributed by atoms with Gasteiger partial charge in [-0.1, -0.05) is 43.7 Å². The lowest BCUT2D eigenvalue weighted by Gasteiger charge is -2.09. The molecule has 0 aliphatic carbocycles. The maximum absolute atomic E-state index is 10.0. The normalized spacial score (nSPS) is 10.3. The summed E-state index contributed by atoms with van der Waals surface area (Å²) < 4.78 is 5.56. The molecule has 2 heteroatoms. The number of rotatable bonds is 5. The topological polar surface area (TPSA) is 29.5 Å². The van der Waals surface area contributed by atoms with Gasteiger partial charge in [-0.05, 0) is 24.1 Å². The SMILES string of the molecule is CCCCOc1ccc(-c2ccccc2)c(O)c1. The maximum atomic E-state index is 10.0. The summed E-state index contributed by atoms with van der Waals surface area (Å²) in [5.41, 5.74) is 1.84. The quantitative estimate of drug-likeness (QED) is 0.795. The largest absolute Gasteiger partial charge is 0.507 e. The molecule has 0 atom stereocenters. The van der Waals surface area contributed by atoms with Crippen molar-refractivity contribution >= 4 is 0 Å². The molecule has 18 heavy (non-hydrogen) atoms. The number of hydrogen-bond donors (Lipinski definition) is 1. The molecule has 0 radical (unpaired) electrons. The Morgan fingerprint density at radius 3 is 2.50 bits per heavy atom. The summed E-state index contributed by atoms with van der Waals surface area (Å²) in [5, 5.41) is 10.0. The standard InChI is InChI=1S/C16H18O2/c1-2-3-11-18-14-9-10-15(16(17)12-14)13-7-5-4-6-8-13/h4-10,12,17H,2-3,11H2,1H3. The molecule has 0 fully saturated rings. The Labute approximate surface area is 108 Å². The first kappa shape index (κ1) is 12.5. The van der Waals surface area contributed by atoms with E-state index < -0.39 is 0 Å². The number of ether oxygens (including phenoxy) is 1. The zero-order valence-corrected chi connectivity index (χ0v) is 10.6. The van der Waals surface area contributed by atoms with Crippen LogP contribution in [0.2, 0.25) is 0 Å². The van der Waals surface area contributed by atoms with Gasteiger partial charge in [0.25, 0.3) is 0 Å². The Morgan fingerprint density at radius 1 is 1.06 bits per heavy atom. The molecule has 0 amide bonds. The molecule has 94 valence electrons. The van der Waals surface area contributed by atoms with Crippen LogP contribution < -0.4 is 4.74 Å². The minimum atomic E-state index is 0.259. The van der Waals surface area contributed by atoms with Crippen LogP contribution in [0.1, 0.15) is 19.8 Å². The van der Waals surface area contributed by atoms with E-state index in [1.165, 1.54) is 0 Å². The van der Waals surface area contributed by atoms with Crippen molar-refractivity contribution in [3.05, 3.63) is 48.5 Å². The van der Waals surface area contributed by atoms with Crippen molar-refractivity contribution in [2.24, 2.45) is 0 Å². The second-order valence-electron chi connectivity index (χ2n) is 4.25. The zero-order chi connectivity index (χ0) is 12.8. The molecule has 2 rings (SSSR count). The van der Waals surface area contributed by atoms with Crippen LogP contribution in [0.15, 0.2) is 48.5 Å². The highest BCUT2D eigenvalue weighted by atomic mass is 16.5. The fourth-order valence-corrected chi connectivity index (χ4v) is 1.80. The van der Waals surface area contributed by atoms with Gasteiger partial charge in [0.05, 0.1) is 6.61 Å². The van der Waals surface area contributed by atoms with Gasteiger partial charge in [0.1, 0.15) is 11.5 Å². The molecule has 0 bridgehead atoms. The van der Waals surface area contributed by atoms with Gasteiger partial charge in [-0.2, -0.15) is 0 Å². The number of phenols is 1. The third kappa shape index (κ3) is 3.04. The summed E-state index contributed by atoms with van der Waals surface area (Å²) in [6.45, 7) is 2.82. The average molecular weight is 242 g/mol. The first-order valence-electron chi connectivity index (χ1n) is 6.32. The molecule has 0 spiro atoms. The van der Waals surface area contributed by atoms with E-state index in [1.807, 2.05) is 42.5 Å². The Balaban J connectivity index is 2.15. The lowest BCUT2D eigenvalue weighted by molar-refractivity contribution is 0.308. The van der Waals surface area contributed by atoms with Crippen LogP contribution in [0, 0.1) is 0 Å². The number of phenolic OH excluding ortho intramolecular Hbond substituents is 1. The van der Waals surface area contributed by atoms with Crippen molar-refractivity contribution in [2.45, 2.75) is 19.8 Å². The van der Waals surface area contributed by atoms with E-state index in [1.54, 1.807) is 6.07 Å². The molecule has 0 aromatic heterocycles. The molecule has 2 aromatic rings. The molecule has 0 heterocycles. The van der Waals surface area contributed by atoms with Crippen LogP contribution in [0.5, 0.6) is 11.5 Å². The molecular formula is C16H18O2. The first-order valence-corrected chi connectivity index (χ1v) is 6.32. The molecule has 0 saturated heterocycles. The molecule has 1 N–H and O–H groups in total. The number of hydrogen-bond acceptors (Lipinski definition) is 2. The fraction of sp³-hybridized carbons (Fsp3) is 0.250. The predicted molar refractivity (Wildman–Crippen MR) is 73.9 cm³/mol. The van der Waals surface area contributed by atoms with Crippen molar-refractivity contribution in [1.82, 2.24) is 0 Å². The Kier molecular flexibility index (Phi) is 4.24. The highest BCUT2D eigenvalue weighted by Crippen LogP contribution is 2.32. The summed E-state index contributed by atoms with van der Waals surface area (Å²) in [7, 11) is 0.